The lowest BCUT2D eigenvalue weighted by atomic mass is 9.97. The predicted molar refractivity (Wildman–Crippen MR) is 141 cm³/mol. The molecule has 0 saturated heterocycles. The Hall–Kier alpha value is -3.98. The summed E-state index contributed by atoms with van der Waals surface area (Å²) in [6.07, 6.45) is 0.848. The minimum atomic E-state index is -4.49. The Bertz CT molecular complexity index is 1580. The fraction of sp³-hybridized carbons (Fsp3) is 0.276. The highest BCUT2D eigenvalue weighted by atomic mass is 19.4. The molecule has 6 nitrogen and oxygen atoms in total. The van der Waals surface area contributed by atoms with Crippen molar-refractivity contribution in [2.75, 3.05) is 6.61 Å². The summed E-state index contributed by atoms with van der Waals surface area (Å²) in [6, 6.07) is 15.5. The van der Waals surface area contributed by atoms with Crippen LogP contribution < -0.4 is 0 Å². The van der Waals surface area contributed by atoms with Crippen molar-refractivity contribution >= 4 is 11.0 Å². The lowest BCUT2D eigenvalue weighted by molar-refractivity contribution is -0.140. The van der Waals surface area contributed by atoms with Crippen LogP contribution in [-0.2, 0) is 26.2 Å². The highest BCUT2D eigenvalue weighted by Crippen LogP contribution is 2.32. The molecule has 0 spiro atoms. The first-order valence-electron chi connectivity index (χ1n) is 12.4. The third-order valence-electron chi connectivity index (χ3n) is 6.63. The van der Waals surface area contributed by atoms with Crippen LogP contribution in [0.3, 0.4) is 0 Å². The van der Waals surface area contributed by atoms with Gasteiger partial charge in [-0.25, -0.2) is 15.0 Å². The van der Waals surface area contributed by atoms with E-state index in [1.165, 1.54) is 10.1 Å². The Morgan fingerprint density at radius 1 is 0.974 bits per heavy atom. The third kappa shape index (κ3) is 4.93. The number of hydrogen-bond donors (Lipinski definition) is 1. The molecule has 1 N–H and O–H groups in total. The minimum Gasteiger partial charge on any atom is -0.395 e. The fourth-order valence-electron chi connectivity index (χ4n) is 4.76. The Morgan fingerprint density at radius 2 is 1.71 bits per heavy atom. The lowest BCUT2D eigenvalue weighted by Crippen LogP contribution is -2.04. The topological polar surface area (TPSA) is 68.8 Å². The first kappa shape index (κ1) is 25.7. The molecule has 2 aromatic carbocycles. The van der Waals surface area contributed by atoms with Crippen LogP contribution in [0.4, 0.5) is 13.2 Å². The molecular weight excluding hydrogens is 491 g/mol. The van der Waals surface area contributed by atoms with E-state index in [1.54, 1.807) is 25.4 Å². The third-order valence-corrected chi connectivity index (χ3v) is 6.63. The van der Waals surface area contributed by atoms with E-state index in [2.05, 4.69) is 29.9 Å². The summed E-state index contributed by atoms with van der Waals surface area (Å²) in [7, 11) is 1.55. The summed E-state index contributed by atoms with van der Waals surface area (Å²) < 4.78 is 42.6. The van der Waals surface area contributed by atoms with Crippen molar-refractivity contribution < 1.29 is 18.3 Å². The molecule has 0 bridgehead atoms. The summed E-state index contributed by atoms with van der Waals surface area (Å²) in [5.41, 5.74) is 5.45. The maximum atomic E-state index is 13.1. The molecule has 0 aliphatic carbocycles. The predicted octanol–water partition coefficient (Wildman–Crippen LogP) is 6.22. The molecule has 5 rings (SSSR count). The lowest BCUT2D eigenvalue weighted by Gasteiger charge is -2.12. The molecule has 0 amide bonds. The number of aryl methyl sites for hydroxylation is 1. The van der Waals surface area contributed by atoms with Gasteiger partial charge in [-0.1, -0.05) is 62.4 Å². The molecular formula is C29H28F3N5O. The Balaban J connectivity index is 1.50. The van der Waals surface area contributed by atoms with Gasteiger partial charge in [-0.2, -0.15) is 13.2 Å². The molecule has 9 heteroatoms. The van der Waals surface area contributed by atoms with Crippen LogP contribution in [0.25, 0.3) is 33.8 Å². The van der Waals surface area contributed by atoms with Gasteiger partial charge in [-0.15, -0.1) is 0 Å². The monoisotopic (exact) mass is 519 g/mol. The van der Waals surface area contributed by atoms with Crippen LogP contribution in [0, 0.1) is 0 Å². The minimum absolute atomic E-state index is 0.0145. The molecule has 0 radical (unpaired) electrons. The SMILES string of the molecule is CC(C)c1ccccc1-c1ncc2c(n1)c(Cc1ccc(-c3nc(C(F)(F)F)cn3C)cc1)cn2CCO. The van der Waals surface area contributed by atoms with Crippen LogP contribution in [0.5, 0.6) is 0 Å². The number of alkyl halides is 3. The maximum Gasteiger partial charge on any atom is 0.434 e. The zero-order valence-electron chi connectivity index (χ0n) is 21.4. The number of imidazole rings is 1. The fourth-order valence-corrected chi connectivity index (χ4v) is 4.76. The van der Waals surface area contributed by atoms with Gasteiger partial charge in [0.2, 0.25) is 0 Å². The number of hydrogen-bond acceptors (Lipinski definition) is 4. The number of aromatic nitrogens is 5. The average Bonchev–Trinajstić information content (AvgIpc) is 3.45. The van der Waals surface area contributed by atoms with Gasteiger partial charge in [0, 0.05) is 49.1 Å². The van der Waals surface area contributed by atoms with Crippen molar-refractivity contribution in [2.24, 2.45) is 7.05 Å². The van der Waals surface area contributed by atoms with Crippen molar-refractivity contribution in [1.82, 2.24) is 24.1 Å². The van der Waals surface area contributed by atoms with Crippen molar-refractivity contribution in [2.45, 2.75) is 38.9 Å². The highest BCUT2D eigenvalue weighted by Gasteiger charge is 2.34. The van der Waals surface area contributed by atoms with E-state index < -0.39 is 11.9 Å². The smallest absolute Gasteiger partial charge is 0.395 e. The van der Waals surface area contributed by atoms with Gasteiger partial charge in [0.15, 0.2) is 11.5 Å². The second-order valence-electron chi connectivity index (χ2n) is 9.67. The first-order chi connectivity index (χ1) is 18.2. The molecule has 0 aliphatic rings. The van der Waals surface area contributed by atoms with Crippen LogP contribution in [-0.4, -0.2) is 35.8 Å². The van der Waals surface area contributed by atoms with E-state index in [4.69, 9.17) is 4.98 Å². The summed E-state index contributed by atoms with van der Waals surface area (Å²) in [5, 5.41) is 9.58. The van der Waals surface area contributed by atoms with Gasteiger partial charge in [0.25, 0.3) is 0 Å². The molecule has 5 aromatic rings. The van der Waals surface area contributed by atoms with Crippen molar-refractivity contribution in [3.05, 3.63) is 89.5 Å². The summed E-state index contributed by atoms with van der Waals surface area (Å²) in [5.74, 6) is 1.22. The standard InChI is InChI=1S/C29H28F3N5O/c1-18(2)22-6-4-5-7-23(22)27-33-15-24-26(35-27)21(16-37(24)12-13-38)14-19-8-10-20(11-9-19)28-34-25(17-36(28)3)29(30,31)32/h4-11,15-18,38H,12-14H2,1-3H3. The van der Waals surface area contributed by atoms with E-state index in [9.17, 15) is 18.3 Å². The molecule has 0 saturated carbocycles. The number of aliphatic hydroxyl groups is 1. The van der Waals surface area contributed by atoms with E-state index in [-0.39, 0.29) is 12.4 Å². The molecule has 0 aliphatic heterocycles. The van der Waals surface area contributed by atoms with Gasteiger partial charge in [0.05, 0.1) is 23.8 Å². The van der Waals surface area contributed by atoms with Gasteiger partial charge in [0.1, 0.15) is 5.82 Å². The first-order valence-corrected chi connectivity index (χ1v) is 12.4. The number of halogens is 3. The van der Waals surface area contributed by atoms with Crippen LogP contribution in [0.15, 0.2) is 67.1 Å². The van der Waals surface area contributed by atoms with Gasteiger partial charge in [-0.05, 0) is 17.0 Å². The van der Waals surface area contributed by atoms with E-state index in [1.807, 2.05) is 41.1 Å². The number of nitrogens with zero attached hydrogens (tertiary/aromatic N) is 5. The second kappa shape index (κ2) is 10.1. The molecule has 38 heavy (non-hydrogen) atoms. The largest absolute Gasteiger partial charge is 0.434 e. The van der Waals surface area contributed by atoms with Gasteiger partial charge in [-0.3, -0.25) is 0 Å². The average molecular weight is 520 g/mol. The number of rotatable bonds is 7. The Kier molecular flexibility index (Phi) is 6.79. The van der Waals surface area contributed by atoms with Crippen molar-refractivity contribution in [3.8, 4) is 22.8 Å². The molecule has 0 atom stereocenters. The number of aliphatic hydroxyl groups excluding tert-OH is 1. The van der Waals surface area contributed by atoms with Crippen molar-refractivity contribution in [1.29, 1.82) is 0 Å². The van der Waals surface area contributed by atoms with Gasteiger partial charge < -0.3 is 14.2 Å². The second-order valence-corrected chi connectivity index (χ2v) is 9.67. The Morgan fingerprint density at radius 3 is 2.37 bits per heavy atom. The van der Waals surface area contributed by atoms with Crippen LogP contribution in [0.2, 0.25) is 0 Å². The summed E-state index contributed by atoms with van der Waals surface area (Å²) in [6.45, 7) is 4.68. The molecule has 0 fully saturated rings. The van der Waals surface area contributed by atoms with E-state index in [0.29, 0.717) is 30.3 Å². The normalized spacial score (nSPS) is 12.1. The summed E-state index contributed by atoms with van der Waals surface area (Å²) >= 11 is 0. The quantitative estimate of drug-likeness (QED) is 0.277. The van der Waals surface area contributed by atoms with Crippen LogP contribution >= 0.6 is 0 Å². The Labute approximate surface area is 218 Å². The molecule has 3 aromatic heterocycles. The van der Waals surface area contributed by atoms with Crippen LogP contribution in [0.1, 0.15) is 42.1 Å². The van der Waals surface area contributed by atoms with E-state index in [0.717, 1.165) is 33.9 Å². The summed E-state index contributed by atoms with van der Waals surface area (Å²) in [4.78, 5) is 13.4. The number of fused-ring (bicyclic) bond motifs is 1. The highest BCUT2D eigenvalue weighted by molar-refractivity contribution is 5.82. The zero-order valence-corrected chi connectivity index (χ0v) is 21.4. The molecule has 3 heterocycles. The maximum absolute atomic E-state index is 13.1. The zero-order chi connectivity index (χ0) is 27.0. The molecule has 0 unspecified atom stereocenters. The van der Waals surface area contributed by atoms with E-state index >= 15 is 0 Å². The van der Waals surface area contributed by atoms with Gasteiger partial charge >= 0.3 is 6.18 Å². The molecule has 196 valence electrons. The number of benzene rings is 2. The van der Waals surface area contributed by atoms with Crippen molar-refractivity contribution in [3.63, 3.8) is 0 Å².